The van der Waals surface area contributed by atoms with E-state index in [9.17, 15) is 9.90 Å². The summed E-state index contributed by atoms with van der Waals surface area (Å²) in [6.07, 6.45) is 3.30. The predicted octanol–water partition coefficient (Wildman–Crippen LogP) is 4.89. The maximum absolute atomic E-state index is 13.4. The Morgan fingerprint density at radius 2 is 1.97 bits per heavy atom. The Kier molecular flexibility index (Phi) is 4.53. The summed E-state index contributed by atoms with van der Waals surface area (Å²) in [6, 6.07) is 8.47. The topological polar surface area (TPSA) is 80.8 Å². The molecule has 6 nitrogen and oxygen atoms in total. The van der Waals surface area contributed by atoms with Crippen LogP contribution in [0.5, 0.6) is 0 Å². The van der Waals surface area contributed by atoms with Gasteiger partial charge in [-0.3, -0.25) is 4.79 Å². The van der Waals surface area contributed by atoms with Gasteiger partial charge in [0.2, 0.25) is 0 Å². The molecule has 2 saturated carbocycles. The van der Waals surface area contributed by atoms with Crippen molar-refractivity contribution >= 4 is 16.7 Å². The van der Waals surface area contributed by atoms with Crippen molar-refractivity contribution < 1.29 is 24.1 Å². The van der Waals surface area contributed by atoms with E-state index in [-0.39, 0.29) is 17.1 Å². The van der Waals surface area contributed by atoms with Gasteiger partial charge in [0, 0.05) is 39.4 Å². The molecule has 2 bridgehead atoms. The Morgan fingerprint density at radius 3 is 2.73 bits per heavy atom. The van der Waals surface area contributed by atoms with Crippen LogP contribution in [-0.4, -0.2) is 51.7 Å². The van der Waals surface area contributed by atoms with Crippen LogP contribution < -0.4 is 0 Å². The molecule has 3 fully saturated rings. The van der Waals surface area contributed by atoms with Crippen molar-refractivity contribution in [1.29, 1.82) is 0 Å². The molecule has 196 valence electrons. The number of benzene rings is 1. The first kappa shape index (κ1) is 23.8. The molecular weight excluding hydrogens is 466 g/mol. The lowest BCUT2D eigenvalue weighted by Crippen LogP contribution is -2.74. The second kappa shape index (κ2) is 7.03. The highest BCUT2D eigenvalue weighted by molar-refractivity contribution is 5.97. The molecule has 1 unspecified atom stereocenters. The third-order valence-corrected chi connectivity index (χ3v) is 10.8. The number of hydrogen-bond acceptors (Lipinski definition) is 5. The Balaban J connectivity index is 1.45. The van der Waals surface area contributed by atoms with Gasteiger partial charge in [0.1, 0.15) is 11.2 Å². The lowest BCUT2D eigenvalue weighted by molar-refractivity contribution is -0.279. The van der Waals surface area contributed by atoms with E-state index in [0.29, 0.717) is 31.4 Å². The van der Waals surface area contributed by atoms with Crippen LogP contribution in [0.15, 0.2) is 48.1 Å². The molecule has 0 amide bonds. The smallest absolute Gasteiger partial charge is 0.195 e. The summed E-state index contributed by atoms with van der Waals surface area (Å²) in [4.78, 5) is 17.1. The fourth-order valence-electron chi connectivity index (χ4n) is 8.83. The van der Waals surface area contributed by atoms with E-state index in [0.717, 1.165) is 17.5 Å². The van der Waals surface area contributed by atoms with Crippen LogP contribution in [0.2, 0.25) is 0 Å². The number of carbonyl (C=O) groups excluding carboxylic acids is 1. The molecule has 3 heterocycles. The molecule has 2 aromatic rings. The third kappa shape index (κ3) is 2.63. The minimum absolute atomic E-state index is 0.144. The number of nitrogens with one attached hydrogen (secondary N) is 1. The number of fused-ring (bicyclic) bond motifs is 9. The number of rotatable bonds is 3. The van der Waals surface area contributed by atoms with E-state index >= 15 is 0 Å². The summed E-state index contributed by atoms with van der Waals surface area (Å²) < 4.78 is 19.5. The van der Waals surface area contributed by atoms with Gasteiger partial charge in [-0.15, -0.1) is 0 Å². The molecule has 7 rings (SSSR count). The largest absolute Gasteiger partial charge is 0.382 e. The molecule has 1 saturated heterocycles. The van der Waals surface area contributed by atoms with Gasteiger partial charge in [-0.05, 0) is 63.7 Å². The van der Waals surface area contributed by atoms with Crippen molar-refractivity contribution in [3.05, 3.63) is 59.3 Å². The fourth-order valence-corrected chi connectivity index (χ4v) is 8.83. The monoisotopic (exact) mass is 503 g/mol. The molecule has 7 atom stereocenters. The van der Waals surface area contributed by atoms with E-state index in [1.54, 1.807) is 6.08 Å². The molecule has 6 heteroatoms. The summed E-state index contributed by atoms with van der Waals surface area (Å²) in [7, 11) is 0. The number of ether oxygens (including phenoxy) is 3. The molecule has 1 spiro atoms. The number of hydrogen-bond donors (Lipinski definition) is 2. The molecule has 5 aliphatic rings. The Hall–Kier alpha value is -2.25. The van der Waals surface area contributed by atoms with Gasteiger partial charge in [-0.25, -0.2) is 0 Å². The van der Waals surface area contributed by atoms with Crippen LogP contribution in [0.4, 0.5) is 0 Å². The van der Waals surface area contributed by atoms with Crippen LogP contribution >= 0.6 is 0 Å². The van der Waals surface area contributed by atoms with Crippen LogP contribution in [0.3, 0.4) is 0 Å². The number of carbonyl (C=O) groups is 1. The fraction of sp³-hybridized carbons (Fsp3) is 0.581. The normalized spacial score (nSPS) is 43.1. The van der Waals surface area contributed by atoms with Gasteiger partial charge in [0.05, 0.1) is 12.7 Å². The van der Waals surface area contributed by atoms with Crippen LogP contribution in [0.1, 0.15) is 65.1 Å². The molecule has 1 aromatic carbocycles. The highest BCUT2D eigenvalue weighted by atomic mass is 16.8. The minimum atomic E-state index is -1.47. The van der Waals surface area contributed by atoms with Crippen molar-refractivity contribution in [3.8, 4) is 0 Å². The first-order valence-electron chi connectivity index (χ1n) is 13.6. The average Bonchev–Trinajstić information content (AvgIpc) is 3.42. The maximum Gasteiger partial charge on any atom is 0.195 e. The van der Waals surface area contributed by atoms with Crippen molar-refractivity contribution in [2.45, 2.75) is 94.9 Å². The van der Waals surface area contributed by atoms with Gasteiger partial charge in [0.25, 0.3) is 0 Å². The SMILES string of the molecule is C=C(C)CO[C@H]1C[C@H]2Cc3c([nH]c4ccccc34)[C@]2(C)[C@@]2(C)CCC34O[C@@H](C(=O)C=C3[C@]12O)C(C)(C)O4. The quantitative estimate of drug-likeness (QED) is 0.583. The lowest BCUT2D eigenvalue weighted by atomic mass is 9.41. The molecule has 0 radical (unpaired) electrons. The number of aromatic nitrogens is 1. The number of aliphatic hydroxyl groups is 1. The van der Waals surface area contributed by atoms with Gasteiger partial charge >= 0.3 is 0 Å². The first-order chi connectivity index (χ1) is 17.4. The zero-order valence-electron chi connectivity index (χ0n) is 22.4. The number of H-pyrrole nitrogens is 1. The van der Waals surface area contributed by atoms with Crippen molar-refractivity contribution in [2.75, 3.05) is 6.61 Å². The van der Waals surface area contributed by atoms with E-state index in [4.69, 9.17) is 14.2 Å². The van der Waals surface area contributed by atoms with Crippen molar-refractivity contribution in [3.63, 3.8) is 0 Å². The van der Waals surface area contributed by atoms with Gasteiger partial charge < -0.3 is 24.3 Å². The Morgan fingerprint density at radius 1 is 1.22 bits per heavy atom. The van der Waals surface area contributed by atoms with Gasteiger partial charge in [-0.2, -0.15) is 0 Å². The average molecular weight is 504 g/mol. The zero-order chi connectivity index (χ0) is 26.2. The highest BCUT2D eigenvalue weighted by Crippen LogP contribution is 2.72. The number of para-hydroxylation sites is 1. The summed E-state index contributed by atoms with van der Waals surface area (Å²) in [5.41, 5.74) is 1.88. The van der Waals surface area contributed by atoms with Gasteiger partial charge in [0.15, 0.2) is 17.7 Å². The number of ketones is 1. The van der Waals surface area contributed by atoms with E-state index < -0.39 is 34.6 Å². The Bertz CT molecular complexity index is 1400. The molecule has 2 aliphatic heterocycles. The van der Waals surface area contributed by atoms with Gasteiger partial charge in [-0.1, -0.05) is 44.2 Å². The van der Waals surface area contributed by atoms with Crippen LogP contribution in [-0.2, 0) is 30.8 Å². The Labute approximate surface area is 218 Å². The van der Waals surface area contributed by atoms with Crippen molar-refractivity contribution in [1.82, 2.24) is 4.98 Å². The first-order valence-corrected chi connectivity index (χ1v) is 13.6. The molecule has 3 aliphatic carbocycles. The van der Waals surface area contributed by atoms with Crippen LogP contribution in [0, 0.1) is 11.3 Å². The highest BCUT2D eigenvalue weighted by Gasteiger charge is 2.78. The third-order valence-electron chi connectivity index (χ3n) is 10.8. The van der Waals surface area contributed by atoms with E-state index in [1.807, 2.05) is 20.8 Å². The van der Waals surface area contributed by atoms with Crippen molar-refractivity contribution in [2.24, 2.45) is 11.3 Å². The van der Waals surface area contributed by atoms with Crippen LogP contribution in [0.25, 0.3) is 10.9 Å². The second-order valence-electron chi connectivity index (χ2n) is 13.1. The standard InChI is InChI=1S/C31H37NO5/c1-17(2)16-35-24-14-18-13-20-19-9-7-8-10-21(19)32-25(20)29(18,6)28(5)11-12-30-23(31(24,28)34)15-22(33)26(36-30)27(3,4)37-30/h7-10,15,18,24,26,32,34H,1,11-14,16H2,2-6H3/t18-,24+,26+,28-,29-,30?,31+/m1/s1. The molecular formula is C31H37NO5. The second-order valence-corrected chi connectivity index (χ2v) is 13.1. The lowest BCUT2D eigenvalue weighted by Gasteiger charge is -2.67. The summed E-state index contributed by atoms with van der Waals surface area (Å²) in [5, 5.41) is 14.4. The number of aromatic amines is 1. The minimum Gasteiger partial charge on any atom is -0.382 e. The zero-order valence-corrected chi connectivity index (χ0v) is 22.4. The maximum atomic E-state index is 13.4. The molecule has 1 aromatic heterocycles. The summed E-state index contributed by atoms with van der Waals surface area (Å²) >= 11 is 0. The summed E-state index contributed by atoms with van der Waals surface area (Å²) in [5.74, 6) is -0.983. The molecule has 2 N–H and O–H groups in total. The predicted molar refractivity (Wildman–Crippen MR) is 140 cm³/mol. The summed E-state index contributed by atoms with van der Waals surface area (Å²) in [6.45, 7) is 14.6. The molecule has 37 heavy (non-hydrogen) atoms. The van der Waals surface area contributed by atoms with E-state index in [1.165, 1.54) is 16.6 Å². The van der Waals surface area contributed by atoms with E-state index in [2.05, 4.69) is 49.7 Å².